The molecule has 6 unspecified atom stereocenters. The summed E-state index contributed by atoms with van der Waals surface area (Å²) in [5, 5.41) is 11.4. The van der Waals surface area contributed by atoms with Crippen LogP contribution in [0.3, 0.4) is 0 Å². The monoisotopic (exact) mass is 427 g/mol. The Morgan fingerprint density at radius 3 is 2.61 bits per heavy atom. The number of aliphatic hydroxyl groups excluding tert-OH is 1. The number of ether oxygens (including phenoxy) is 2. The molecule has 2 saturated heterocycles. The van der Waals surface area contributed by atoms with Crippen LogP contribution in [0.1, 0.15) is 51.0 Å². The molecule has 0 radical (unpaired) electrons. The van der Waals surface area contributed by atoms with Gasteiger partial charge in [-0.25, -0.2) is 0 Å². The van der Waals surface area contributed by atoms with E-state index in [1.165, 1.54) is 0 Å². The van der Waals surface area contributed by atoms with E-state index in [1.807, 2.05) is 31.2 Å². The molecule has 2 spiro atoms. The van der Waals surface area contributed by atoms with E-state index in [1.54, 1.807) is 7.11 Å². The Labute approximate surface area is 183 Å². The summed E-state index contributed by atoms with van der Waals surface area (Å²) >= 11 is 0. The summed E-state index contributed by atoms with van der Waals surface area (Å²) in [5.74, 6) is 0.687. The van der Waals surface area contributed by atoms with Gasteiger partial charge in [0.2, 0.25) is 0 Å². The van der Waals surface area contributed by atoms with E-state index in [-0.39, 0.29) is 36.1 Å². The maximum Gasteiger partial charge on any atom is 0.310 e. The number of ketones is 1. The molecule has 2 heterocycles. The van der Waals surface area contributed by atoms with Crippen molar-refractivity contribution < 1.29 is 24.2 Å². The Bertz CT molecular complexity index is 869. The highest BCUT2D eigenvalue weighted by atomic mass is 16.5. The zero-order chi connectivity index (χ0) is 21.8. The van der Waals surface area contributed by atoms with Crippen LogP contribution >= 0.6 is 0 Å². The molecular weight excluding hydrogens is 394 g/mol. The normalized spacial score (nSPS) is 39.5. The first-order valence-electron chi connectivity index (χ1n) is 11.7. The molecule has 2 saturated carbocycles. The van der Waals surface area contributed by atoms with Crippen molar-refractivity contribution in [2.75, 3.05) is 20.2 Å². The lowest BCUT2D eigenvalue weighted by Crippen LogP contribution is -2.69. The topological polar surface area (TPSA) is 76.1 Å². The van der Waals surface area contributed by atoms with Crippen LogP contribution in [0.2, 0.25) is 0 Å². The van der Waals surface area contributed by atoms with Gasteiger partial charge in [0.05, 0.1) is 25.2 Å². The lowest BCUT2D eigenvalue weighted by molar-refractivity contribution is -0.200. The molecule has 2 aliphatic carbocycles. The van der Waals surface area contributed by atoms with E-state index in [4.69, 9.17) is 9.47 Å². The van der Waals surface area contributed by atoms with Crippen molar-refractivity contribution in [3.63, 3.8) is 0 Å². The molecule has 6 nitrogen and oxygen atoms in total. The standard InChI is InChI=1S/C25H33NO5/c1-16-13-20(27)24-9-3-11-26-12-4-10-25(24,26)21(28)15-19(24)23(16)31-22(29)14-17-5-7-18(30-2)8-6-17/h5-8,16,19-20,23,27H,3-4,9-15H2,1-2H3. The molecule has 0 bridgehead atoms. The zero-order valence-electron chi connectivity index (χ0n) is 18.5. The Morgan fingerprint density at radius 1 is 1.19 bits per heavy atom. The number of nitrogens with zero attached hydrogens (tertiary/aromatic N) is 1. The lowest BCUT2D eigenvalue weighted by Gasteiger charge is -2.59. The molecule has 2 aliphatic heterocycles. The minimum Gasteiger partial charge on any atom is -0.497 e. The molecule has 0 aromatic heterocycles. The molecule has 1 aromatic rings. The number of methoxy groups -OCH3 is 1. The summed E-state index contributed by atoms with van der Waals surface area (Å²) in [5.41, 5.74) is -0.144. The number of carbonyl (C=O) groups is 2. The summed E-state index contributed by atoms with van der Waals surface area (Å²) in [6.45, 7) is 3.92. The molecule has 4 fully saturated rings. The highest BCUT2D eigenvalue weighted by Gasteiger charge is 2.75. The van der Waals surface area contributed by atoms with E-state index < -0.39 is 17.1 Å². The van der Waals surface area contributed by atoms with Crippen molar-refractivity contribution >= 4 is 11.8 Å². The van der Waals surface area contributed by atoms with Crippen molar-refractivity contribution in [3.05, 3.63) is 29.8 Å². The van der Waals surface area contributed by atoms with E-state index in [9.17, 15) is 14.7 Å². The second kappa shape index (κ2) is 7.59. The Balaban J connectivity index is 1.41. The molecule has 6 atom stereocenters. The molecule has 4 aliphatic rings. The molecule has 6 heteroatoms. The lowest BCUT2D eigenvalue weighted by atomic mass is 9.52. The predicted molar refractivity (Wildman–Crippen MR) is 115 cm³/mol. The van der Waals surface area contributed by atoms with Gasteiger partial charge < -0.3 is 14.6 Å². The fraction of sp³-hybridized carbons (Fsp3) is 0.680. The number of rotatable bonds is 4. The van der Waals surface area contributed by atoms with Gasteiger partial charge in [0.1, 0.15) is 11.9 Å². The number of hydrogen-bond donors (Lipinski definition) is 1. The van der Waals surface area contributed by atoms with Crippen LogP contribution < -0.4 is 4.74 Å². The second-order valence-corrected chi connectivity index (χ2v) is 10.0. The zero-order valence-corrected chi connectivity index (χ0v) is 18.5. The summed E-state index contributed by atoms with van der Waals surface area (Å²) < 4.78 is 11.3. The third-order valence-corrected chi connectivity index (χ3v) is 8.75. The van der Waals surface area contributed by atoms with E-state index >= 15 is 0 Å². The number of aliphatic hydroxyl groups is 1. The van der Waals surface area contributed by atoms with Crippen LogP contribution in [0, 0.1) is 17.3 Å². The third kappa shape index (κ3) is 2.91. The number of benzene rings is 1. The fourth-order valence-electron chi connectivity index (χ4n) is 7.59. The smallest absolute Gasteiger partial charge is 0.310 e. The average Bonchev–Trinajstić information content (AvgIpc) is 3.31. The van der Waals surface area contributed by atoms with Gasteiger partial charge >= 0.3 is 5.97 Å². The molecule has 1 aromatic carbocycles. The van der Waals surface area contributed by atoms with E-state index in [2.05, 4.69) is 4.90 Å². The number of piperidine rings is 1. The largest absolute Gasteiger partial charge is 0.497 e. The maximum absolute atomic E-state index is 13.5. The second-order valence-electron chi connectivity index (χ2n) is 10.0. The number of carbonyl (C=O) groups excluding carboxylic acids is 2. The molecule has 5 rings (SSSR count). The fourth-order valence-corrected chi connectivity index (χ4v) is 7.59. The predicted octanol–water partition coefficient (Wildman–Crippen LogP) is 2.75. The Morgan fingerprint density at radius 2 is 1.90 bits per heavy atom. The molecule has 1 N–H and O–H groups in total. The SMILES string of the molecule is COc1ccc(CC(=O)OC2C(C)CC(O)C34CCCN5CCCC53C(=O)CC24)cc1. The molecular formula is C25H33NO5. The summed E-state index contributed by atoms with van der Waals surface area (Å²) in [6, 6.07) is 7.43. The first-order valence-corrected chi connectivity index (χ1v) is 11.7. The van der Waals surface area contributed by atoms with E-state index in [0.717, 1.165) is 50.1 Å². The van der Waals surface area contributed by atoms with Gasteiger partial charge in [0.15, 0.2) is 5.78 Å². The van der Waals surface area contributed by atoms with Crippen molar-refractivity contribution in [2.24, 2.45) is 17.3 Å². The number of hydrogen-bond acceptors (Lipinski definition) is 6. The van der Waals surface area contributed by atoms with Crippen molar-refractivity contribution in [3.8, 4) is 5.75 Å². The van der Waals surface area contributed by atoms with Crippen LogP contribution in [-0.2, 0) is 20.7 Å². The Hall–Kier alpha value is -1.92. The van der Waals surface area contributed by atoms with Crippen LogP contribution in [0.4, 0.5) is 0 Å². The molecule has 168 valence electrons. The van der Waals surface area contributed by atoms with Gasteiger partial charge in [-0.05, 0) is 68.8 Å². The highest BCUT2D eigenvalue weighted by molar-refractivity contribution is 5.93. The Kier molecular flexibility index (Phi) is 5.13. The number of Topliss-reactive ketones (excluding diaryl/α,β-unsaturated/α-hetero) is 1. The van der Waals surface area contributed by atoms with Gasteiger partial charge in [0.25, 0.3) is 0 Å². The molecule has 0 amide bonds. The van der Waals surface area contributed by atoms with Crippen LogP contribution in [0.5, 0.6) is 5.75 Å². The van der Waals surface area contributed by atoms with Crippen molar-refractivity contribution in [2.45, 2.75) is 69.6 Å². The minimum atomic E-state index is -0.546. The van der Waals surface area contributed by atoms with Gasteiger partial charge in [-0.15, -0.1) is 0 Å². The van der Waals surface area contributed by atoms with E-state index in [0.29, 0.717) is 12.8 Å². The van der Waals surface area contributed by atoms with Gasteiger partial charge in [-0.2, -0.15) is 0 Å². The summed E-state index contributed by atoms with van der Waals surface area (Å²) in [7, 11) is 1.62. The summed E-state index contributed by atoms with van der Waals surface area (Å²) in [4.78, 5) is 28.8. The van der Waals surface area contributed by atoms with Crippen molar-refractivity contribution in [1.82, 2.24) is 4.90 Å². The third-order valence-electron chi connectivity index (χ3n) is 8.75. The minimum absolute atomic E-state index is 0.0326. The van der Waals surface area contributed by atoms with Gasteiger partial charge in [-0.1, -0.05) is 19.1 Å². The maximum atomic E-state index is 13.5. The van der Waals surface area contributed by atoms with Crippen LogP contribution in [0.15, 0.2) is 24.3 Å². The van der Waals surface area contributed by atoms with Crippen molar-refractivity contribution in [1.29, 1.82) is 0 Å². The van der Waals surface area contributed by atoms with Gasteiger partial charge in [0, 0.05) is 17.8 Å². The number of esters is 1. The first-order chi connectivity index (χ1) is 14.9. The highest BCUT2D eigenvalue weighted by Crippen LogP contribution is 2.66. The molecule has 31 heavy (non-hydrogen) atoms. The average molecular weight is 428 g/mol. The quantitative estimate of drug-likeness (QED) is 0.745. The van der Waals surface area contributed by atoms with Crippen LogP contribution in [0.25, 0.3) is 0 Å². The first kappa shape index (κ1) is 21.0. The van der Waals surface area contributed by atoms with Gasteiger partial charge in [-0.3, -0.25) is 14.5 Å². The van der Waals surface area contributed by atoms with Crippen LogP contribution in [-0.4, -0.2) is 59.7 Å². The summed E-state index contributed by atoms with van der Waals surface area (Å²) in [6.07, 6.45) is 4.03.